The first-order chi connectivity index (χ1) is 12.3. The Kier molecular flexibility index (Phi) is 4.39. The van der Waals surface area contributed by atoms with E-state index in [2.05, 4.69) is 96.0 Å². The minimum atomic E-state index is -0.345. The quantitative estimate of drug-likeness (QED) is 0.707. The van der Waals surface area contributed by atoms with Crippen molar-refractivity contribution in [2.24, 2.45) is 5.84 Å². The fourth-order valence-electron chi connectivity index (χ4n) is 4.43. The van der Waals surface area contributed by atoms with E-state index < -0.39 is 0 Å². The number of hydrogen-bond donors (Lipinski definition) is 1. The van der Waals surface area contributed by atoms with Crippen LogP contribution in [0, 0.1) is 0 Å². The number of hydrazine groups is 1. The van der Waals surface area contributed by atoms with Crippen LogP contribution in [0.25, 0.3) is 0 Å². The molecule has 1 saturated heterocycles. The molecule has 1 aliphatic heterocycles. The van der Waals surface area contributed by atoms with Gasteiger partial charge in [0, 0.05) is 12.5 Å². The summed E-state index contributed by atoms with van der Waals surface area (Å²) in [6.45, 7) is 0.896. The molecule has 0 amide bonds. The Bertz CT molecular complexity index is 760. The summed E-state index contributed by atoms with van der Waals surface area (Å²) in [5.41, 5.74) is 3.53. The topological polar surface area (TPSA) is 29.3 Å². The average molecular weight is 328 g/mol. The molecule has 1 aliphatic rings. The third kappa shape index (κ3) is 2.68. The second-order valence-corrected chi connectivity index (χ2v) is 6.80. The summed E-state index contributed by atoms with van der Waals surface area (Å²) in [7, 11) is 0. The van der Waals surface area contributed by atoms with Gasteiger partial charge in [-0.25, -0.2) is 5.01 Å². The largest absolute Gasteiger partial charge is 0.268 e. The van der Waals surface area contributed by atoms with Crippen LogP contribution in [0.2, 0.25) is 0 Å². The summed E-state index contributed by atoms with van der Waals surface area (Å²) < 4.78 is 0. The Morgan fingerprint density at radius 2 is 1.20 bits per heavy atom. The zero-order valence-electron chi connectivity index (χ0n) is 14.4. The molecule has 3 aromatic rings. The lowest BCUT2D eigenvalue weighted by Crippen LogP contribution is -2.57. The molecule has 0 bridgehead atoms. The fraction of sp³-hybridized carbons (Fsp3) is 0.217. The average Bonchev–Trinajstić information content (AvgIpc) is 2.70. The lowest BCUT2D eigenvalue weighted by molar-refractivity contribution is 0.0549. The van der Waals surface area contributed by atoms with Crippen molar-refractivity contribution in [2.45, 2.75) is 24.3 Å². The molecule has 0 spiro atoms. The van der Waals surface area contributed by atoms with Gasteiger partial charge < -0.3 is 0 Å². The third-order valence-electron chi connectivity index (χ3n) is 5.48. The van der Waals surface area contributed by atoms with Gasteiger partial charge in [0.05, 0.1) is 5.54 Å². The molecule has 0 aliphatic carbocycles. The van der Waals surface area contributed by atoms with E-state index in [0.717, 1.165) is 19.4 Å². The number of piperidine rings is 1. The molecule has 1 unspecified atom stereocenters. The standard InChI is InChI=1S/C23H24N2/c24-25-18-10-17-22(19-11-4-1-5-12-19)23(25,20-13-6-2-7-14-20)21-15-8-3-9-16-21/h1-9,11-16,22H,10,17-18,24H2. The molecule has 2 heteroatoms. The third-order valence-corrected chi connectivity index (χ3v) is 5.48. The molecule has 2 N–H and O–H groups in total. The van der Waals surface area contributed by atoms with Gasteiger partial charge >= 0.3 is 0 Å². The summed E-state index contributed by atoms with van der Waals surface area (Å²) in [4.78, 5) is 0. The van der Waals surface area contributed by atoms with Gasteiger partial charge in [0.1, 0.15) is 0 Å². The highest BCUT2D eigenvalue weighted by Crippen LogP contribution is 2.50. The van der Waals surface area contributed by atoms with Crippen LogP contribution in [0.15, 0.2) is 91.0 Å². The molecular formula is C23H24N2. The van der Waals surface area contributed by atoms with Crippen LogP contribution in [0.3, 0.4) is 0 Å². The molecule has 1 heterocycles. The van der Waals surface area contributed by atoms with Gasteiger partial charge in [-0.2, -0.15) is 0 Å². The lowest BCUT2D eigenvalue weighted by atomic mass is 9.66. The van der Waals surface area contributed by atoms with Gasteiger partial charge in [0.2, 0.25) is 0 Å². The molecule has 1 fully saturated rings. The predicted molar refractivity (Wildman–Crippen MR) is 103 cm³/mol. The van der Waals surface area contributed by atoms with Crippen molar-refractivity contribution in [1.82, 2.24) is 5.01 Å². The van der Waals surface area contributed by atoms with Crippen molar-refractivity contribution in [3.63, 3.8) is 0 Å². The monoisotopic (exact) mass is 328 g/mol. The predicted octanol–water partition coefficient (Wildman–Crippen LogP) is 4.68. The minimum absolute atomic E-state index is 0.317. The van der Waals surface area contributed by atoms with Crippen molar-refractivity contribution in [2.75, 3.05) is 6.54 Å². The van der Waals surface area contributed by atoms with Crippen LogP contribution < -0.4 is 5.84 Å². The van der Waals surface area contributed by atoms with E-state index in [1.807, 2.05) is 0 Å². The molecule has 126 valence electrons. The summed E-state index contributed by atoms with van der Waals surface area (Å²) in [5.74, 6) is 7.06. The first-order valence-corrected chi connectivity index (χ1v) is 9.02. The molecule has 0 radical (unpaired) electrons. The molecule has 1 atom stereocenters. The Labute approximate surface area is 149 Å². The normalized spacial score (nSPS) is 20.3. The molecule has 0 aromatic heterocycles. The van der Waals surface area contributed by atoms with Gasteiger partial charge in [-0.05, 0) is 29.5 Å². The SMILES string of the molecule is NN1CCCC(c2ccccc2)C1(c1ccccc1)c1ccccc1. The van der Waals surface area contributed by atoms with Crippen LogP contribution in [0.1, 0.15) is 35.4 Å². The van der Waals surface area contributed by atoms with Crippen LogP contribution in [-0.4, -0.2) is 11.6 Å². The smallest absolute Gasteiger partial charge is 0.0917 e. The maximum Gasteiger partial charge on any atom is 0.0917 e. The van der Waals surface area contributed by atoms with E-state index in [-0.39, 0.29) is 5.54 Å². The Morgan fingerprint density at radius 3 is 1.72 bits per heavy atom. The Hall–Kier alpha value is -2.42. The second-order valence-electron chi connectivity index (χ2n) is 6.80. The maximum atomic E-state index is 6.74. The minimum Gasteiger partial charge on any atom is -0.268 e. The highest BCUT2D eigenvalue weighted by molar-refractivity contribution is 5.44. The van der Waals surface area contributed by atoms with E-state index >= 15 is 0 Å². The Morgan fingerprint density at radius 1 is 0.720 bits per heavy atom. The van der Waals surface area contributed by atoms with Crippen molar-refractivity contribution < 1.29 is 0 Å². The van der Waals surface area contributed by atoms with Gasteiger partial charge in [-0.3, -0.25) is 5.84 Å². The van der Waals surface area contributed by atoms with Crippen LogP contribution >= 0.6 is 0 Å². The van der Waals surface area contributed by atoms with E-state index in [9.17, 15) is 0 Å². The van der Waals surface area contributed by atoms with Gasteiger partial charge in [0.15, 0.2) is 0 Å². The number of hydrogen-bond acceptors (Lipinski definition) is 2. The molecule has 2 nitrogen and oxygen atoms in total. The molecular weight excluding hydrogens is 304 g/mol. The summed E-state index contributed by atoms with van der Waals surface area (Å²) in [6.07, 6.45) is 2.24. The molecule has 3 aromatic carbocycles. The van der Waals surface area contributed by atoms with Crippen molar-refractivity contribution in [3.05, 3.63) is 108 Å². The van der Waals surface area contributed by atoms with E-state index in [4.69, 9.17) is 5.84 Å². The second kappa shape index (κ2) is 6.83. The van der Waals surface area contributed by atoms with Crippen LogP contribution in [-0.2, 0) is 5.54 Å². The van der Waals surface area contributed by atoms with E-state index in [0.29, 0.717) is 5.92 Å². The van der Waals surface area contributed by atoms with Crippen LogP contribution in [0.4, 0.5) is 0 Å². The Balaban J connectivity index is 1.99. The zero-order chi connectivity index (χ0) is 17.1. The van der Waals surface area contributed by atoms with Crippen LogP contribution in [0.5, 0.6) is 0 Å². The van der Waals surface area contributed by atoms with Crippen molar-refractivity contribution in [1.29, 1.82) is 0 Å². The number of rotatable bonds is 3. The molecule has 4 rings (SSSR count). The van der Waals surface area contributed by atoms with Gasteiger partial charge in [-0.15, -0.1) is 0 Å². The fourth-order valence-corrected chi connectivity index (χ4v) is 4.43. The molecule has 25 heavy (non-hydrogen) atoms. The summed E-state index contributed by atoms with van der Waals surface area (Å²) in [6, 6.07) is 32.3. The number of nitrogens with zero attached hydrogens (tertiary/aromatic N) is 1. The van der Waals surface area contributed by atoms with E-state index in [1.54, 1.807) is 0 Å². The first kappa shape index (κ1) is 16.1. The highest BCUT2D eigenvalue weighted by Gasteiger charge is 2.48. The lowest BCUT2D eigenvalue weighted by Gasteiger charge is -2.51. The summed E-state index contributed by atoms with van der Waals surface area (Å²) >= 11 is 0. The van der Waals surface area contributed by atoms with Gasteiger partial charge in [-0.1, -0.05) is 91.0 Å². The van der Waals surface area contributed by atoms with E-state index in [1.165, 1.54) is 16.7 Å². The molecule has 0 saturated carbocycles. The van der Waals surface area contributed by atoms with Gasteiger partial charge in [0.25, 0.3) is 0 Å². The first-order valence-electron chi connectivity index (χ1n) is 9.02. The highest BCUT2D eigenvalue weighted by atomic mass is 15.4. The van der Waals surface area contributed by atoms with Crippen molar-refractivity contribution >= 4 is 0 Å². The zero-order valence-corrected chi connectivity index (χ0v) is 14.4. The van der Waals surface area contributed by atoms with Crippen molar-refractivity contribution in [3.8, 4) is 0 Å². The number of nitrogens with two attached hydrogens (primary N) is 1. The number of benzene rings is 3. The maximum absolute atomic E-state index is 6.74. The summed E-state index contributed by atoms with van der Waals surface area (Å²) in [5, 5.41) is 2.07.